The van der Waals surface area contributed by atoms with Crippen LogP contribution in [-0.2, 0) is 4.79 Å². The Morgan fingerprint density at radius 3 is 2.59 bits per heavy atom. The average molecular weight is 363 g/mol. The predicted molar refractivity (Wildman–Crippen MR) is 108 cm³/mol. The van der Waals surface area contributed by atoms with E-state index in [9.17, 15) is 4.79 Å². The van der Waals surface area contributed by atoms with Gasteiger partial charge in [-0.3, -0.25) is 4.79 Å². The summed E-state index contributed by atoms with van der Waals surface area (Å²) in [5.74, 6) is 1.36. The number of benzene rings is 3. The normalized spacial score (nSPS) is 11.8. The highest BCUT2D eigenvalue weighted by Gasteiger charge is 2.15. The largest absolute Gasteiger partial charge is 0.492 e. The number of carbonyl (C=O) groups is 1. The van der Waals surface area contributed by atoms with Crippen LogP contribution in [0.4, 0.5) is 0 Å². The van der Waals surface area contributed by atoms with Crippen LogP contribution in [0.3, 0.4) is 0 Å². The van der Waals surface area contributed by atoms with E-state index in [1.807, 2.05) is 60.7 Å². The van der Waals surface area contributed by atoms with Crippen LogP contribution < -0.4 is 14.8 Å². The lowest BCUT2D eigenvalue weighted by Crippen LogP contribution is -2.38. The lowest BCUT2D eigenvalue weighted by molar-refractivity contribution is -0.127. The van der Waals surface area contributed by atoms with E-state index in [4.69, 9.17) is 9.47 Å². The molecular weight excluding hydrogens is 338 g/mol. The Hall–Kier alpha value is -3.01. The number of rotatable bonds is 7. The second-order valence-electron chi connectivity index (χ2n) is 6.62. The molecule has 4 heteroatoms. The molecule has 1 N–H and O–H groups in total. The van der Waals surface area contributed by atoms with Gasteiger partial charge in [0.1, 0.15) is 18.1 Å². The standard InChI is InChI=1S/C23H25NO3/c1-16-11-12-20(15-17(16)2)26-14-13-24-23(25)18(3)27-22-10-6-8-19-7-4-5-9-21(19)22/h4-12,15,18H,13-14H2,1-3H3,(H,24,25)/t18-/m1/s1. The second-order valence-corrected chi connectivity index (χ2v) is 6.62. The lowest BCUT2D eigenvalue weighted by Gasteiger charge is -2.16. The molecule has 3 aromatic carbocycles. The maximum Gasteiger partial charge on any atom is 0.260 e. The fourth-order valence-corrected chi connectivity index (χ4v) is 2.83. The van der Waals surface area contributed by atoms with Gasteiger partial charge >= 0.3 is 0 Å². The van der Waals surface area contributed by atoms with Gasteiger partial charge in [0.25, 0.3) is 5.91 Å². The van der Waals surface area contributed by atoms with Gasteiger partial charge in [-0.15, -0.1) is 0 Å². The molecule has 4 nitrogen and oxygen atoms in total. The molecule has 0 unspecified atom stereocenters. The van der Waals surface area contributed by atoms with Crippen molar-refractivity contribution in [3.63, 3.8) is 0 Å². The number of fused-ring (bicyclic) bond motifs is 1. The van der Waals surface area contributed by atoms with Crippen molar-refractivity contribution < 1.29 is 14.3 Å². The molecule has 0 spiro atoms. The van der Waals surface area contributed by atoms with E-state index >= 15 is 0 Å². The van der Waals surface area contributed by atoms with E-state index in [0.717, 1.165) is 16.5 Å². The Bertz CT molecular complexity index is 931. The van der Waals surface area contributed by atoms with E-state index in [0.29, 0.717) is 18.9 Å². The number of nitrogens with one attached hydrogen (secondary N) is 1. The summed E-state index contributed by atoms with van der Waals surface area (Å²) in [6, 6.07) is 19.8. The van der Waals surface area contributed by atoms with Gasteiger partial charge in [0, 0.05) is 5.39 Å². The van der Waals surface area contributed by atoms with Crippen LogP contribution in [0.15, 0.2) is 60.7 Å². The first-order valence-corrected chi connectivity index (χ1v) is 9.17. The minimum atomic E-state index is -0.586. The molecule has 0 aliphatic heterocycles. The summed E-state index contributed by atoms with van der Waals surface area (Å²) in [6.07, 6.45) is -0.586. The highest BCUT2D eigenvalue weighted by atomic mass is 16.5. The van der Waals surface area contributed by atoms with Crippen molar-refractivity contribution in [2.75, 3.05) is 13.2 Å². The Morgan fingerprint density at radius 1 is 1.00 bits per heavy atom. The molecule has 0 bridgehead atoms. The quantitative estimate of drug-likeness (QED) is 0.632. The van der Waals surface area contributed by atoms with E-state index in [1.165, 1.54) is 11.1 Å². The van der Waals surface area contributed by atoms with Crippen molar-refractivity contribution >= 4 is 16.7 Å². The molecule has 0 aliphatic carbocycles. The molecule has 0 aliphatic rings. The topological polar surface area (TPSA) is 47.6 Å². The Balaban J connectivity index is 1.49. The van der Waals surface area contributed by atoms with Crippen molar-refractivity contribution in [1.82, 2.24) is 5.32 Å². The highest BCUT2D eigenvalue weighted by molar-refractivity contribution is 5.89. The monoisotopic (exact) mass is 363 g/mol. The maximum atomic E-state index is 12.3. The van der Waals surface area contributed by atoms with Crippen molar-refractivity contribution in [2.45, 2.75) is 26.9 Å². The SMILES string of the molecule is Cc1ccc(OCCNC(=O)[C@@H](C)Oc2cccc3ccccc23)cc1C. The summed E-state index contributed by atoms with van der Waals surface area (Å²) in [4.78, 5) is 12.3. The molecule has 0 saturated heterocycles. The van der Waals surface area contributed by atoms with Crippen molar-refractivity contribution in [1.29, 1.82) is 0 Å². The van der Waals surface area contributed by atoms with Crippen LogP contribution in [-0.4, -0.2) is 25.2 Å². The number of amides is 1. The molecule has 27 heavy (non-hydrogen) atoms. The number of ether oxygens (including phenoxy) is 2. The third-order valence-electron chi connectivity index (χ3n) is 4.57. The fraction of sp³-hybridized carbons (Fsp3) is 0.261. The Labute approximate surface area is 160 Å². The fourth-order valence-electron chi connectivity index (χ4n) is 2.83. The van der Waals surface area contributed by atoms with Gasteiger partial charge in [-0.1, -0.05) is 42.5 Å². The van der Waals surface area contributed by atoms with Gasteiger partial charge in [-0.25, -0.2) is 0 Å². The summed E-state index contributed by atoms with van der Waals surface area (Å²) in [5.41, 5.74) is 2.42. The lowest BCUT2D eigenvalue weighted by atomic mass is 10.1. The molecule has 0 aromatic heterocycles. The van der Waals surface area contributed by atoms with Gasteiger partial charge in [-0.05, 0) is 55.5 Å². The molecule has 1 atom stereocenters. The van der Waals surface area contributed by atoms with Crippen LogP contribution in [0.2, 0.25) is 0 Å². The van der Waals surface area contributed by atoms with Crippen LogP contribution >= 0.6 is 0 Å². The first-order chi connectivity index (χ1) is 13.0. The minimum absolute atomic E-state index is 0.161. The van der Waals surface area contributed by atoms with Crippen LogP contribution in [0.25, 0.3) is 10.8 Å². The zero-order chi connectivity index (χ0) is 19.2. The molecule has 0 radical (unpaired) electrons. The highest BCUT2D eigenvalue weighted by Crippen LogP contribution is 2.26. The van der Waals surface area contributed by atoms with E-state index < -0.39 is 6.10 Å². The summed E-state index contributed by atoms with van der Waals surface area (Å²) >= 11 is 0. The van der Waals surface area contributed by atoms with E-state index in [-0.39, 0.29) is 5.91 Å². The number of hydrogen-bond acceptors (Lipinski definition) is 3. The van der Waals surface area contributed by atoms with Gasteiger partial charge in [0.15, 0.2) is 6.10 Å². The second kappa shape index (κ2) is 8.58. The molecule has 140 valence electrons. The van der Waals surface area contributed by atoms with Gasteiger partial charge in [0.05, 0.1) is 6.54 Å². The maximum absolute atomic E-state index is 12.3. The number of aryl methyl sites for hydroxylation is 2. The molecule has 3 rings (SSSR count). The summed E-state index contributed by atoms with van der Waals surface area (Å²) in [6.45, 7) is 6.71. The third kappa shape index (κ3) is 4.79. The molecule has 0 saturated carbocycles. The van der Waals surface area contributed by atoms with Crippen LogP contribution in [0, 0.1) is 13.8 Å². The number of carbonyl (C=O) groups excluding carboxylic acids is 1. The average Bonchev–Trinajstić information content (AvgIpc) is 2.68. The smallest absolute Gasteiger partial charge is 0.260 e. The van der Waals surface area contributed by atoms with Crippen molar-refractivity contribution in [3.05, 3.63) is 71.8 Å². The molecule has 3 aromatic rings. The van der Waals surface area contributed by atoms with Gasteiger partial charge < -0.3 is 14.8 Å². The number of hydrogen-bond donors (Lipinski definition) is 1. The summed E-state index contributed by atoms with van der Waals surface area (Å²) in [5, 5.41) is 4.94. The van der Waals surface area contributed by atoms with E-state index in [1.54, 1.807) is 6.92 Å². The van der Waals surface area contributed by atoms with Gasteiger partial charge in [-0.2, -0.15) is 0 Å². The van der Waals surface area contributed by atoms with E-state index in [2.05, 4.69) is 19.2 Å². The summed E-state index contributed by atoms with van der Waals surface area (Å²) < 4.78 is 11.6. The predicted octanol–water partition coefficient (Wildman–Crippen LogP) is 4.42. The summed E-state index contributed by atoms with van der Waals surface area (Å²) in [7, 11) is 0. The molecule has 1 amide bonds. The zero-order valence-corrected chi connectivity index (χ0v) is 16.0. The Kier molecular flexibility index (Phi) is 5.97. The van der Waals surface area contributed by atoms with Crippen LogP contribution in [0.5, 0.6) is 11.5 Å². The molecular formula is C23H25NO3. The third-order valence-corrected chi connectivity index (χ3v) is 4.57. The Morgan fingerprint density at radius 2 is 1.78 bits per heavy atom. The van der Waals surface area contributed by atoms with Crippen molar-refractivity contribution in [3.8, 4) is 11.5 Å². The minimum Gasteiger partial charge on any atom is -0.492 e. The molecule has 0 fully saturated rings. The van der Waals surface area contributed by atoms with Gasteiger partial charge in [0.2, 0.25) is 0 Å². The van der Waals surface area contributed by atoms with Crippen molar-refractivity contribution in [2.24, 2.45) is 0 Å². The zero-order valence-electron chi connectivity index (χ0n) is 16.0. The first kappa shape index (κ1) is 18.8. The molecule has 0 heterocycles. The van der Waals surface area contributed by atoms with Crippen LogP contribution in [0.1, 0.15) is 18.1 Å². The first-order valence-electron chi connectivity index (χ1n) is 9.17.